The number of nitrogens with zero attached hydrogens (tertiary/aromatic N) is 4. The van der Waals surface area contributed by atoms with Gasteiger partial charge < -0.3 is 14.9 Å². The molecule has 0 amide bonds. The minimum Gasteiger partial charge on any atom is -0.457 e. The van der Waals surface area contributed by atoms with Gasteiger partial charge in [0.15, 0.2) is 0 Å². The van der Waals surface area contributed by atoms with Crippen LogP contribution in [0.25, 0.3) is 11.6 Å². The summed E-state index contributed by atoms with van der Waals surface area (Å²) < 4.78 is 11.2. The van der Waals surface area contributed by atoms with E-state index in [-0.39, 0.29) is 18.2 Å². The number of aryl methyl sites for hydroxylation is 1. The van der Waals surface area contributed by atoms with E-state index in [0.29, 0.717) is 48.2 Å². The van der Waals surface area contributed by atoms with Crippen molar-refractivity contribution >= 4 is 5.97 Å². The van der Waals surface area contributed by atoms with E-state index in [4.69, 9.17) is 20.1 Å². The van der Waals surface area contributed by atoms with Gasteiger partial charge in [0.1, 0.15) is 24.1 Å². The Morgan fingerprint density at radius 3 is 2.91 bits per heavy atom. The highest BCUT2D eigenvalue weighted by molar-refractivity contribution is 5.94. The molecule has 2 aromatic heterocycles. The van der Waals surface area contributed by atoms with E-state index in [2.05, 4.69) is 26.3 Å². The maximum Gasteiger partial charge on any atom is 0.338 e. The molecule has 9 nitrogen and oxygen atoms in total. The van der Waals surface area contributed by atoms with Crippen LogP contribution < -0.4 is 11.1 Å². The number of benzene rings is 1. The molecule has 0 saturated carbocycles. The summed E-state index contributed by atoms with van der Waals surface area (Å²) in [5.74, 6) is 0.877. The number of piperazine rings is 1. The number of rotatable bonds is 4. The van der Waals surface area contributed by atoms with Crippen molar-refractivity contribution in [2.75, 3.05) is 13.1 Å². The van der Waals surface area contributed by atoms with E-state index in [0.717, 1.165) is 28.8 Å². The van der Waals surface area contributed by atoms with Crippen LogP contribution in [0.2, 0.25) is 0 Å². The smallest absolute Gasteiger partial charge is 0.338 e. The number of pyridine rings is 1. The molecule has 1 fully saturated rings. The van der Waals surface area contributed by atoms with Gasteiger partial charge in [-0.25, -0.2) is 14.8 Å². The number of nitriles is 1. The highest BCUT2D eigenvalue weighted by Gasteiger charge is 2.30. The van der Waals surface area contributed by atoms with Gasteiger partial charge in [-0.3, -0.25) is 10.2 Å². The second kappa shape index (κ2) is 8.41. The number of aromatic nitrogens is 2. The van der Waals surface area contributed by atoms with Crippen LogP contribution >= 0.6 is 0 Å². The fourth-order valence-electron chi connectivity index (χ4n) is 4.55. The summed E-state index contributed by atoms with van der Waals surface area (Å²) >= 11 is 0. The Kier molecular flexibility index (Phi) is 5.42. The second-order valence-corrected chi connectivity index (χ2v) is 8.53. The number of fused-ring (bicyclic) bond motifs is 1. The number of cyclic esters (lactones) is 1. The van der Waals surface area contributed by atoms with Crippen molar-refractivity contribution in [1.29, 1.82) is 5.26 Å². The first-order valence-electron chi connectivity index (χ1n) is 10.8. The molecule has 9 heteroatoms. The number of hydrogen-bond donors (Lipinski definition) is 2. The van der Waals surface area contributed by atoms with Gasteiger partial charge in [0, 0.05) is 30.9 Å². The van der Waals surface area contributed by atoms with Gasteiger partial charge >= 0.3 is 5.97 Å². The molecule has 33 heavy (non-hydrogen) atoms. The summed E-state index contributed by atoms with van der Waals surface area (Å²) in [5, 5.41) is 12.6. The van der Waals surface area contributed by atoms with Crippen LogP contribution in [0.15, 0.2) is 35.0 Å². The summed E-state index contributed by atoms with van der Waals surface area (Å²) in [5.41, 5.74) is 12.1. The van der Waals surface area contributed by atoms with Gasteiger partial charge in [-0.15, -0.1) is 0 Å². The molecule has 3 N–H and O–H groups in total. The van der Waals surface area contributed by atoms with E-state index in [9.17, 15) is 4.79 Å². The zero-order chi connectivity index (χ0) is 23.1. The quantitative estimate of drug-likeness (QED) is 0.582. The average molecular weight is 444 g/mol. The van der Waals surface area contributed by atoms with Crippen molar-refractivity contribution in [3.63, 3.8) is 0 Å². The van der Waals surface area contributed by atoms with Crippen LogP contribution in [0.4, 0.5) is 0 Å². The molecule has 3 aromatic rings. The number of ether oxygens (including phenoxy) is 1. The zero-order valence-corrected chi connectivity index (χ0v) is 18.5. The summed E-state index contributed by atoms with van der Waals surface area (Å²) in [7, 11) is 0. The Morgan fingerprint density at radius 2 is 2.12 bits per heavy atom. The third-order valence-corrected chi connectivity index (χ3v) is 6.28. The lowest BCUT2D eigenvalue weighted by Crippen LogP contribution is -2.56. The molecule has 1 saturated heterocycles. The standard InChI is InChI=1S/C24H24N6O3/c1-13-5-20(27-7-15(13)6-25)23-28-8-16(33-23)9-30-10-21(29-22(26)11-30)17-3-4-18-19(14(17)2)12-32-24(18)31/h3-5,7-8,21-22,29H,9-12,26H2,1-2H3/t21-,22+/m0/s1. The number of esters is 1. The molecule has 0 radical (unpaired) electrons. The normalized spacial score (nSPS) is 20.4. The Hall–Kier alpha value is -3.58. The highest BCUT2D eigenvalue weighted by Crippen LogP contribution is 2.31. The predicted octanol–water partition coefficient (Wildman–Crippen LogP) is 2.33. The summed E-state index contributed by atoms with van der Waals surface area (Å²) in [6.07, 6.45) is 3.03. The Morgan fingerprint density at radius 1 is 1.27 bits per heavy atom. The molecule has 0 unspecified atom stereocenters. The fraction of sp³-hybridized carbons (Fsp3) is 0.333. The number of oxazole rings is 1. The maximum absolute atomic E-state index is 11.9. The molecular formula is C24H24N6O3. The fourth-order valence-corrected chi connectivity index (χ4v) is 4.55. The SMILES string of the molecule is Cc1cc(-c2ncc(CN3C[C@@H](c4ccc5c(c4C)COC5=O)N[C@@H](N)C3)o2)ncc1C#N. The van der Waals surface area contributed by atoms with E-state index >= 15 is 0 Å². The van der Waals surface area contributed by atoms with Gasteiger partial charge in [0.2, 0.25) is 5.89 Å². The van der Waals surface area contributed by atoms with Crippen LogP contribution in [-0.2, 0) is 17.9 Å². The minimum absolute atomic E-state index is 0.0139. The largest absolute Gasteiger partial charge is 0.457 e. The lowest BCUT2D eigenvalue weighted by molar-refractivity contribution is 0.0535. The molecule has 1 aromatic carbocycles. The van der Waals surface area contributed by atoms with Crippen molar-refractivity contribution in [2.24, 2.45) is 5.73 Å². The lowest BCUT2D eigenvalue weighted by Gasteiger charge is -2.37. The van der Waals surface area contributed by atoms with Crippen molar-refractivity contribution in [3.8, 4) is 17.7 Å². The van der Waals surface area contributed by atoms with Gasteiger partial charge in [-0.05, 0) is 42.7 Å². The molecule has 0 bridgehead atoms. The van der Waals surface area contributed by atoms with Crippen LogP contribution in [0.1, 0.15) is 50.0 Å². The molecule has 2 aliphatic rings. The summed E-state index contributed by atoms with van der Waals surface area (Å²) in [6, 6.07) is 7.76. The zero-order valence-electron chi connectivity index (χ0n) is 18.5. The van der Waals surface area contributed by atoms with Crippen molar-refractivity contribution in [2.45, 2.75) is 39.2 Å². The molecule has 168 valence electrons. The first kappa shape index (κ1) is 21.3. The molecule has 4 heterocycles. The van der Waals surface area contributed by atoms with Gasteiger partial charge in [-0.2, -0.15) is 5.26 Å². The first-order chi connectivity index (χ1) is 15.9. The van der Waals surface area contributed by atoms with Crippen molar-refractivity contribution < 1.29 is 13.9 Å². The predicted molar refractivity (Wildman–Crippen MR) is 119 cm³/mol. The lowest BCUT2D eigenvalue weighted by atomic mass is 9.93. The summed E-state index contributed by atoms with van der Waals surface area (Å²) in [4.78, 5) is 22.8. The Balaban J connectivity index is 1.33. The third-order valence-electron chi connectivity index (χ3n) is 6.28. The molecule has 0 aliphatic carbocycles. The summed E-state index contributed by atoms with van der Waals surface area (Å²) in [6.45, 7) is 6.15. The van der Waals surface area contributed by atoms with Gasteiger partial charge in [-0.1, -0.05) is 6.07 Å². The maximum atomic E-state index is 11.9. The molecule has 2 aliphatic heterocycles. The van der Waals surface area contributed by atoms with Crippen LogP contribution in [0.3, 0.4) is 0 Å². The van der Waals surface area contributed by atoms with E-state index in [1.807, 2.05) is 26.0 Å². The molecule has 2 atom stereocenters. The monoisotopic (exact) mass is 444 g/mol. The highest BCUT2D eigenvalue weighted by atomic mass is 16.5. The van der Waals surface area contributed by atoms with Crippen LogP contribution in [0, 0.1) is 25.2 Å². The molecule has 5 rings (SSSR count). The van der Waals surface area contributed by atoms with Crippen LogP contribution in [-0.4, -0.2) is 40.1 Å². The Bertz CT molecular complexity index is 1280. The molecule has 0 spiro atoms. The minimum atomic E-state index is -0.261. The van der Waals surface area contributed by atoms with E-state index in [1.54, 1.807) is 12.3 Å². The van der Waals surface area contributed by atoms with Crippen LogP contribution in [0.5, 0.6) is 0 Å². The molecular weight excluding hydrogens is 420 g/mol. The average Bonchev–Trinajstić information content (AvgIpc) is 3.41. The van der Waals surface area contributed by atoms with Crippen molar-refractivity contribution in [1.82, 2.24) is 20.2 Å². The first-order valence-corrected chi connectivity index (χ1v) is 10.8. The third kappa shape index (κ3) is 4.00. The van der Waals surface area contributed by atoms with Crippen molar-refractivity contribution in [3.05, 3.63) is 69.7 Å². The number of nitrogens with two attached hydrogens (primary N) is 1. The second-order valence-electron chi connectivity index (χ2n) is 8.53. The number of hydrogen-bond acceptors (Lipinski definition) is 9. The van der Waals surface area contributed by atoms with E-state index in [1.165, 1.54) is 6.20 Å². The number of carbonyl (C=O) groups excluding carboxylic acids is 1. The number of nitrogens with one attached hydrogen (secondary N) is 1. The van der Waals surface area contributed by atoms with Gasteiger partial charge in [0.05, 0.1) is 30.0 Å². The van der Waals surface area contributed by atoms with Gasteiger partial charge in [0.25, 0.3) is 0 Å². The van der Waals surface area contributed by atoms with E-state index < -0.39 is 0 Å². The Labute approximate surface area is 191 Å². The number of carbonyl (C=O) groups is 1. The topological polar surface area (TPSA) is 130 Å².